The zero-order valence-electron chi connectivity index (χ0n) is 15.7. The maximum atomic E-state index is 12.3. The Hall–Kier alpha value is -3.26. The summed E-state index contributed by atoms with van der Waals surface area (Å²) in [5.74, 6) is -5.97. The third-order valence-corrected chi connectivity index (χ3v) is 3.60. The highest BCUT2D eigenvalue weighted by Gasteiger charge is 2.28. The zero-order valence-corrected chi connectivity index (χ0v) is 15.7. The predicted octanol–water partition coefficient (Wildman–Crippen LogP) is -4.99. The molecule has 164 valence electrons. The van der Waals surface area contributed by atoms with Crippen LogP contribution in [0.15, 0.2) is 0 Å². The summed E-state index contributed by atoms with van der Waals surface area (Å²) in [5.41, 5.74) is 15.4. The predicted molar refractivity (Wildman–Crippen MR) is 96.4 cm³/mol. The van der Waals surface area contributed by atoms with Crippen molar-refractivity contribution in [3.8, 4) is 0 Å². The van der Waals surface area contributed by atoms with Crippen LogP contribution in [0.1, 0.15) is 26.2 Å². The summed E-state index contributed by atoms with van der Waals surface area (Å²) in [4.78, 5) is 68.9. The molecule has 11 N–H and O–H groups in total. The molecule has 0 radical (unpaired) electrons. The van der Waals surface area contributed by atoms with Gasteiger partial charge in [0, 0.05) is 6.42 Å². The van der Waals surface area contributed by atoms with Gasteiger partial charge in [-0.05, 0) is 13.3 Å². The van der Waals surface area contributed by atoms with Gasteiger partial charge in [-0.3, -0.25) is 24.0 Å². The van der Waals surface area contributed by atoms with Crippen LogP contribution in [-0.4, -0.2) is 76.5 Å². The van der Waals surface area contributed by atoms with Crippen molar-refractivity contribution in [3.63, 3.8) is 0 Å². The van der Waals surface area contributed by atoms with Gasteiger partial charge >= 0.3 is 5.97 Å². The summed E-state index contributed by atoms with van der Waals surface area (Å²) in [7, 11) is 0. The van der Waals surface area contributed by atoms with Gasteiger partial charge < -0.3 is 43.4 Å². The summed E-state index contributed by atoms with van der Waals surface area (Å²) in [6, 6.07) is -4.31. The lowest BCUT2D eigenvalue weighted by Gasteiger charge is -2.21. The second-order valence-corrected chi connectivity index (χ2v) is 6.18. The van der Waals surface area contributed by atoms with E-state index in [9.17, 15) is 33.9 Å². The van der Waals surface area contributed by atoms with Gasteiger partial charge in [0.15, 0.2) is 0 Å². The van der Waals surface area contributed by atoms with Gasteiger partial charge in [0.2, 0.25) is 29.5 Å². The number of nitrogens with one attached hydrogen (secondary N) is 3. The molecule has 0 saturated carbocycles. The number of aliphatic hydroxyl groups excluding tert-OH is 1. The number of primary amides is 2. The van der Waals surface area contributed by atoms with Gasteiger partial charge in [-0.1, -0.05) is 0 Å². The van der Waals surface area contributed by atoms with Crippen LogP contribution in [0.5, 0.6) is 0 Å². The van der Waals surface area contributed by atoms with Crippen LogP contribution in [-0.2, 0) is 28.8 Å². The van der Waals surface area contributed by atoms with Crippen LogP contribution < -0.4 is 33.2 Å². The Bertz CT molecular complexity index is 653. The van der Waals surface area contributed by atoms with Crippen LogP contribution in [0.3, 0.4) is 0 Å². The van der Waals surface area contributed by atoms with Crippen LogP contribution in [0.2, 0.25) is 0 Å². The molecule has 14 heteroatoms. The molecule has 0 aromatic rings. The molecule has 4 atom stereocenters. The molecule has 29 heavy (non-hydrogen) atoms. The number of carbonyl (C=O) groups excluding carboxylic acids is 5. The van der Waals surface area contributed by atoms with E-state index in [0.717, 1.165) is 0 Å². The van der Waals surface area contributed by atoms with Crippen molar-refractivity contribution in [1.82, 2.24) is 16.0 Å². The first kappa shape index (κ1) is 25.7. The number of hydrogen-bond donors (Lipinski definition) is 8. The zero-order chi connectivity index (χ0) is 22.7. The van der Waals surface area contributed by atoms with E-state index in [1.54, 1.807) is 0 Å². The molecule has 4 unspecified atom stereocenters. The largest absolute Gasteiger partial charge is 0.480 e. The number of rotatable bonds is 13. The van der Waals surface area contributed by atoms with E-state index in [2.05, 4.69) is 16.0 Å². The molecule has 5 amide bonds. The number of carboxylic acid groups (broad SMARTS) is 1. The molecule has 0 aliphatic heterocycles. The minimum Gasteiger partial charge on any atom is -0.480 e. The molecule has 0 heterocycles. The topological polar surface area (TPSA) is 257 Å². The van der Waals surface area contributed by atoms with E-state index in [4.69, 9.17) is 22.3 Å². The van der Waals surface area contributed by atoms with E-state index in [0.29, 0.717) is 0 Å². The van der Waals surface area contributed by atoms with Crippen molar-refractivity contribution >= 4 is 35.5 Å². The highest BCUT2D eigenvalue weighted by atomic mass is 16.4. The molecule has 0 saturated heterocycles. The number of carboxylic acids is 1. The van der Waals surface area contributed by atoms with Gasteiger partial charge in [-0.15, -0.1) is 0 Å². The summed E-state index contributed by atoms with van der Waals surface area (Å²) in [5, 5.41) is 24.6. The van der Waals surface area contributed by atoms with Gasteiger partial charge in [0.05, 0.1) is 19.1 Å². The standard InChI is InChI=1S/C15H26N6O8/c1-6(22)12(18)14(27)19-5-11(25)20-8(4-10(17)24)13(26)21-7(15(28)29)2-3-9(16)23/h6-8,12,22H,2-5,18H2,1H3,(H2,16,23)(H2,17,24)(H,19,27)(H,20,25)(H,21,26)(H,28,29). The second-order valence-electron chi connectivity index (χ2n) is 6.18. The fourth-order valence-electron chi connectivity index (χ4n) is 1.98. The molecule has 0 rings (SSSR count). The quantitative estimate of drug-likeness (QED) is 0.142. The Morgan fingerprint density at radius 2 is 1.52 bits per heavy atom. The minimum atomic E-state index is -1.53. The lowest BCUT2D eigenvalue weighted by molar-refractivity contribution is -0.142. The van der Waals surface area contributed by atoms with Crippen molar-refractivity contribution in [2.45, 2.75) is 50.4 Å². The molecular formula is C15H26N6O8. The first-order valence-electron chi connectivity index (χ1n) is 8.45. The van der Waals surface area contributed by atoms with E-state index in [-0.39, 0.29) is 12.8 Å². The maximum absolute atomic E-state index is 12.3. The lowest BCUT2D eigenvalue weighted by atomic mass is 10.1. The van der Waals surface area contributed by atoms with E-state index < -0.39 is 72.7 Å². The molecular weight excluding hydrogens is 392 g/mol. The highest BCUT2D eigenvalue weighted by molar-refractivity contribution is 5.95. The highest BCUT2D eigenvalue weighted by Crippen LogP contribution is 2.00. The monoisotopic (exact) mass is 418 g/mol. The Kier molecular flexibility index (Phi) is 10.9. The average molecular weight is 418 g/mol. The third-order valence-electron chi connectivity index (χ3n) is 3.60. The molecule has 0 aromatic heterocycles. The fraction of sp³-hybridized carbons (Fsp3) is 0.600. The van der Waals surface area contributed by atoms with Crippen LogP contribution >= 0.6 is 0 Å². The Balaban J connectivity index is 4.96. The molecule has 0 aromatic carbocycles. The SMILES string of the molecule is CC(O)C(N)C(=O)NCC(=O)NC(CC(N)=O)C(=O)NC(CCC(N)=O)C(=O)O. The number of aliphatic carboxylic acids is 1. The summed E-state index contributed by atoms with van der Waals surface area (Å²) in [6.45, 7) is 0.639. The maximum Gasteiger partial charge on any atom is 0.326 e. The van der Waals surface area contributed by atoms with Crippen molar-refractivity contribution in [3.05, 3.63) is 0 Å². The van der Waals surface area contributed by atoms with Crippen molar-refractivity contribution in [1.29, 1.82) is 0 Å². The van der Waals surface area contributed by atoms with Crippen molar-refractivity contribution < 1.29 is 39.0 Å². The molecule has 0 aliphatic rings. The van der Waals surface area contributed by atoms with E-state index >= 15 is 0 Å². The van der Waals surface area contributed by atoms with Gasteiger partial charge in [0.1, 0.15) is 18.1 Å². The molecule has 0 aliphatic carbocycles. The Morgan fingerprint density at radius 1 is 0.931 bits per heavy atom. The van der Waals surface area contributed by atoms with E-state index in [1.165, 1.54) is 6.92 Å². The van der Waals surface area contributed by atoms with Crippen LogP contribution in [0.25, 0.3) is 0 Å². The van der Waals surface area contributed by atoms with Crippen molar-refractivity contribution in [2.24, 2.45) is 17.2 Å². The number of amides is 5. The number of hydrogen-bond acceptors (Lipinski definition) is 8. The average Bonchev–Trinajstić information content (AvgIpc) is 2.60. The number of aliphatic hydroxyl groups is 1. The lowest BCUT2D eigenvalue weighted by Crippen LogP contribution is -2.55. The second kappa shape index (κ2) is 12.2. The normalized spacial score (nSPS) is 14.6. The van der Waals surface area contributed by atoms with Gasteiger partial charge in [0.25, 0.3) is 0 Å². The minimum absolute atomic E-state index is 0.305. The molecule has 14 nitrogen and oxygen atoms in total. The van der Waals surface area contributed by atoms with Gasteiger partial charge in [-0.2, -0.15) is 0 Å². The van der Waals surface area contributed by atoms with Crippen molar-refractivity contribution in [2.75, 3.05) is 6.54 Å². The van der Waals surface area contributed by atoms with E-state index in [1.807, 2.05) is 0 Å². The Morgan fingerprint density at radius 3 is 1.97 bits per heavy atom. The molecule has 0 fully saturated rings. The summed E-state index contributed by atoms with van der Waals surface area (Å²) < 4.78 is 0. The van der Waals surface area contributed by atoms with Gasteiger partial charge in [-0.25, -0.2) is 4.79 Å². The summed E-state index contributed by atoms with van der Waals surface area (Å²) >= 11 is 0. The third kappa shape index (κ3) is 10.6. The first-order valence-corrected chi connectivity index (χ1v) is 8.45. The number of nitrogens with two attached hydrogens (primary N) is 3. The summed E-state index contributed by atoms with van der Waals surface area (Å²) in [6.07, 6.45) is -2.44. The molecule has 0 bridgehead atoms. The first-order chi connectivity index (χ1) is 13.3. The van der Waals surface area contributed by atoms with Crippen LogP contribution in [0.4, 0.5) is 0 Å². The molecule has 0 spiro atoms. The smallest absolute Gasteiger partial charge is 0.326 e. The Labute approximate surface area is 165 Å². The fourth-order valence-corrected chi connectivity index (χ4v) is 1.98. The number of carbonyl (C=O) groups is 6. The van der Waals surface area contributed by atoms with Crippen LogP contribution in [0, 0.1) is 0 Å².